The van der Waals surface area contributed by atoms with E-state index < -0.39 is 18.0 Å². The van der Waals surface area contributed by atoms with Crippen LogP contribution in [-0.2, 0) is 19.2 Å². The molecular formula is C46H53ClN8O5S. The molecule has 0 radical (unpaired) electrons. The predicted molar refractivity (Wildman–Crippen MR) is 234 cm³/mol. The molecule has 4 aromatic rings. The minimum atomic E-state index is -0.677. The Morgan fingerprint density at radius 2 is 1.56 bits per heavy atom. The number of carbonyl (C=O) groups excluding carboxylic acids is 5. The molecular weight excluding hydrogens is 812 g/mol. The van der Waals surface area contributed by atoms with Crippen molar-refractivity contribution in [1.29, 1.82) is 0 Å². The van der Waals surface area contributed by atoms with Crippen LogP contribution >= 0.6 is 22.9 Å². The number of fused-ring (bicyclic) bond motifs is 3. The van der Waals surface area contributed by atoms with Gasteiger partial charge in [-0.2, -0.15) is 0 Å². The third kappa shape index (κ3) is 8.66. The van der Waals surface area contributed by atoms with Gasteiger partial charge < -0.3 is 15.5 Å². The van der Waals surface area contributed by atoms with E-state index in [-0.39, 0.29) is 48.4 Å². The molecule has 3 unspecified atom stereocenters. The molecule has 61 heavy (non-hydrogen) atoms. The topological polar surface area (TPSA) is 168 Å². The normalized spacial score (nSPS) is 20.4. The first-order valence-electron chi connectivity index (χ1n) is 21.7. The lowest BCUT2D eigenvalue weighted by Gasteiger charge is -2.37. The van der Waals surface area contributed by atoms with Gasteiger partial charge in [0.2, 0.25) is 23.6 Å². The van der Waals surface area contributed by atoms with E-state index in [0.29, 0.717) is 48.8 Å². The van der Waals surface area contributed by atoms with E-state index in [0.717, 1.165) is 95.7 Å². The number of aryl methyl sites for hydroxylation is 2. The lowest BCUT2D eigenvalue weighted by Crippen LogP contribution is -2.53. The lowest BCUT2D eigenvalue weighted by molar-refractivity contribution is -0.137. The summed E-state index contributed by atoms with van der Waals surface area (Å²) in [4.78, 5) is 72.7. The molecule has 5 amide bonds. The van der Waals surface area contributed by atoms with Crippen molar-refractivity contribution >= 4 is 58.2 Å². The van der Waals surface area contributed by atoms with Gasteiger partial charge in [0, 0.05) is 46.1 Å². The second kappa shape index (κ2) is 18.4. The first kappa shape index (κ1) is 42.5. The fourth-order valence-electron chi connectivity index (χ4n) is 9.46. The Morgan fingerprint density at radius 3 is 2.28 bits per heavy atom. The number of hydrogen-bond donors (Lipinski definition) is 3. The maximum absolute atomic E-state index is 13.5. The van der Waals surface area contributed by atoms with Crippen LogP contribution in [0.5, 0.6) is 0 Å². The maximum Gasteiger partial charge on any atom is 0.255 e. The van der Waals surface area contributed by atoms with Gasteiger partial charge in [0.15, 0.2) is 5.82 Å². The highest BCUT2D eigenvalue weighted by atomic mass is 35.5. The third-order valence-corrected chi connectivity index (χ3v) is 14.1. The smallest absolute Gasteiger partial charge is 0.255 e. The second-order valence-electron chi connectivity index (χ2n) is 16.7. The number of nitrogens with zero attached hydrogens (tertiary/aromatic N) is 5. The molecule has 1 saturated heterocycles. The zero-order valence-electron chi connectivity index (χ0n) is 35.0. The van der Waals surface area contributed by atoms with E-state index in [1.54, 1.807) is 22.3 Å². The highest BCUT2D eigenvalue weighted by Gasteiger charge is 2.48. The summed E-state index contributed by atoms with van der Waals surface area (Å²) in [5.41, 5.74) is 6.27. The van der Waals surface area contributed by atoms with Gasteiger partial charge in [-0.1, -0.05) is 74.4 Å². The summed E-state index contributed by atoms with van der Waals surface area (Å²) in [6.45, 7) is 7.38. The van der Waals surface area contributed by atoms with Crippen LogP contribution in [0.2, 0.25) is 5.02 Å². The number of nitrogens with one attached hydrogen (secondary N) is 3. The molecule has 0 spiro atoms. The molecule has 5 heterocycles. The number of halogens is 1. The van der Waals surface area contributed by atoms with Crippen LogP contribution in [0.1, 0.15) is 156 Å². The van der Waals surface area contributed by atoms with E-state index in [2.05, 4.69) is 44.6 Å². The molecule has 1 aliphatic carbocycles. The molecule has 1 fully saturated rings. The second-order valence-corrected chi connectivity index (χ2v) is 18.4. The third-order valence-electron chi connectivity index (χ3n) is 12.7. The van der Waals surface area contributed by atoms with Crippen LogP contribution in [-0.4, -0.2) is 74.0 Å². The number of carbonyl (C=O) groups is 5. The van der Waals surface area contributed by atoms with Crippen molar-refractivity contribution < 1.29 is 24.0 Å². The van der Waals surface area contributed by atoms with E-state index in [1.165, 1.54) is 4.88 Å². The average Bonchev–Trinajstić information content (AvgIpc) is 3.83. The largest absolute Gasteiger partial charge is 0.356 e. The summed E-state index contributed by atoms with van der Waals surface area (Å²) in [6.07, 6.45) is 10.2. The Morgan fingerprint density at radius 1 is 0.852 bits per heavy atom. The van der Waals surface area contributed by atoms with Crippen molar-refractivity contribution in [3.8, 4) is 5.00 Å². The summed E-state index contributed by atoms with van der Waals surface area (Å²) < 4.78 is 2.06. The molecule has 15 heteroatoms. The number of benzene rings is 2. The first-order valence-corrected chi connectivity index (χ1v) is 22.9. The Labute approximate surface area is 365 Å². The zero-order chi connectivity index (χ0) is 42.8. The van der Waals surface area contributed by atoms with E-state index >= 15 is 0 Å². The molecule has 2 aromatic heterocycles. The van der Waals surface area contributed by atoms with Crippen LogP contribution < -0.4 is 16.0 Å². The number of amides is 5. The first-order chi connectivity index (χ1) is 29.5. The van der Waals surface area contributed by atoms with E-state index in [4.69, 9.17) is 16.6 Å². The van der Waals surface area contributed by atoms with E-state index in [1.807, 2.05) is 43.3 Å². The molecule has 8 rings (SSSR count). The van der Waals surface area contributed by atoms with Gasteiger partial charge in [0.25, 0.3) is 5.91 Å². The number of piperidine rings is 1. The van der Waals surface area contributed by atoms with Gasteiger partial charge >= 0.3 is 0 Å². The number of imide groups is 1. The molecule has 3 aliphatic heterocycles. The minimum Gasteiger partial charge on any atom is -0.356 e. The standard InChI is InChI=1S/C46H53ClN8O5S/c1-26-27(2)61-46-39(26)41(29-15-17-30(47)18-16-29)50-34(42-53-52-28(3)54(42)46)25-38(57)48-23-10-8-6-4-5-7-9-11-24-49-43(58)32-19-20-35-40-31(32)13-12-14-33(40)45(60)55(35)36-21-22-37(56)51-44(36)59/h12-18,32,34-36H,4-11,19-25H2,1-3H3,(H,48,57)(H,49,58)(H,51,56,59)/t32?,34-,35?,36?/m0/s1. The highest BCUT2D eigenvalue weighted by molar-refractivity contribution is 7.15. The van der Waals surface area contributed by atoms with Crippen LogP contribution in [0.3, 0.4) is 0 Å². The molecule has 0 saturated carbocycles. The molecule has 0 bridgehead atoms. The molecule has 4 atom stereocenters. The summed E-state index contributed by atoms with van der Waals surface area (Å²) in [6, 6.07) is 11.8. The lowest BCUT2D eigenvalue weighted by atomic mass is 9.78. The van der Waals surface area contributed by atoms with Crippen LogP contribution in [0, 0.1) is 20.8 Å². The maximum atomic E-state index is 13.5. The summed E-state index contributed by atoms with van der Waals surface area (Å²) >= 11 is 7.93. The van der Waals surface area contributed by atoms with Crippen LogP contribution in [0.4, 0.5) is 0 Å². The quantitative estimate of drug-likeness (QED) is 0.0778. The Kier molecular flexibility index (Phi) is 12.8. The highest BCUT2D eigenvalue weighted by Crippen LogP contribution is 2.48. The number of unbranched alkanes of at least 4 members (excludes halogenated alkanes) is 7. The Balaban J connectivity index is 0.737. The van der Waals surface area contributed by atoms with Gasteiger partial charge in [-0.3, -0.25) is 38.8 Å². The number of thiophene rings is 1. The summed E-state index contributed by atoms with van der Waals surface area (Å²) in [5.74, 6) is 0.0896. The number of aromatic nitrogens is 3. The molecule has 3 N–H and O–H groups in total. The van der Waals surface area contributed by atoms with Gasteiger partial charge in [-0.15, -0.1) is 21.5 Å². The predicted octanol–water partition coefficient (Wildman–Crippen LogP) is 7.42. The van der Waals surface area contributed by atoms with Gasteiger partial charge in [0.1, 0.15) is 22.9 Å². The summed E-state index contributed by atoms with van der Waals surface area (Å²) in [5, 5.41) is 19.2. The Bertz CT molecular complexity index is 2390. The fourth-order valence-corrected chi connectivity index (χ4v) is 10.8. The van der Waals surface area contributed by atoms with Crippen molar-refractivity contribution in [3.05, 3.63) is 97.4 Å². The average molecular weight is 866 g/mol. The van der Waals surface area contributed by atoms with Gasteiger partial charge in [-0.05, 0) is 87.8 Å². The summed E-state index contributed by atoms with van der Waals surface area (Å²) in [7, 11) is 0. The molecule has 4 aliphatic rings. The molecule has 320 valence electrons. The molecule has 2 aromatic carbocycles. The van der Waals surface area contributed by atoms with Crippen molar-refractivity contribution in [3.63, 3.8) is 0 Å². The van der Waals surface area contributed by atoms with Crippen molar-refractivity contribution in [2.45, 2.75) is 128 Å². The molecule has 13 nitrogen and oxygen atoms in total. The zero-order valence-corrected chi connectivity index (χ0v) is 36.6. The van der Waals surface area contributed by atoms with Gasteiger partial charge in [-0.25, -0.2) is 0 Å². The number of rotatable bonds is 16. The van der Waals surface area contributed by atoms with Crippen molar-refractivity contribution in [2.24, 2.45) is 4.99 Å². The number of aliphatic imine (C=N–C) groups is 1. The monoisotopic (exact) mass is 864 g/mol. The Hall–Kier alpha value is -5.21. The minimum absolute atomic E-state index is 0.0177. The van der Waals surface area contributed by atoms with Crippen LogP contribution in [0.15, 0.2) is 47.5 Å². The van der Waals surface area contributed by atoms with Crippen LogP contribution in [0.25, 0.3) is 5.00 Å². The van der Waals surface area contributed by atoms with Crippen molar-refractivity contribution in [1.82, 2.24) is 35.6 Å². The number of hydrogen-bond acceptors (Lipinski definition) is 9. The van der Waals surface area contributed by atoms with Gasteiger partial charge in [0.05, 0.1) is 24.1 Å². The van der Waals surface area contributed by atoms with Crippen molar-refractivity contribution in [2.75, 3.05) is 13.1 Å². The van der Waals surface area contributed by atoms with E-state index in [9.17, 15) is 24.0 Å². The SMILES string of the molecule is Cc1sc2c(c1C)C(c1ccc(Cl)cc1)=N[C@@H](CC(=O)NCCCCCCCCCCNC(=O)C1CCC3c4c(cccc41)C(=O)N3C1CCC(=O)NC1=O)c1nnc(C)n1-2. The fraction of sp³-hybridized carbons (Fsp3) is 0.478.